The lowest BCUT2D eigenvalue weighted by atomic mass is 10.0. The number of allylic oxidation sites excluding steroid dienone is 1. The molecule has 2 N–H and O–H groups in total. The highest BCUT2D eigenvalue weighted by Gasteiger charge is 2.27. The fraction of sp³-hybridized carbons (Fsp3) is 0.333. The van der Waals surface area contributed by atoms with Crippen molar-refractivity contribution in [3.63, 3.8) is 0 Å². The third kappa shape index (κ3) is 2.00. The minimum absolute atomic E-state index is 0.456. The largest absolute Gasteiger partial charge is 0.351 e. The average Bonchev–Trinajstić information content (AvgIpc) is 3.01. The molecule has 0 aromatic heterocycles. The Morgan fingerprint density at radius 2 is 2.15 bits per heavy atom. The van der Waals surface area contributed by atoms with Crippen LogP contribution in [0.4, 0.5) is 0 Å². The van der Waals surface area contributed by atoms with Crippen LogP contribution in [0.25, 0.3) is 0 Å². The predicted molar refractivity (Wildman–Crippen MR) is 75.4 cm³/mol. The first-order valence-electron chi connectivity index (χ1n) is 6.64. The molecule has 104 valence electrons. The molecule has 0 radical (unpaired) electrons. The number of fused-ring (bicyclic) bond motifs is 1. The van der Waals surface area contributed by atoms with Gasteiger partial charge in [0.2, 0.25) is 0 Å². The van der Waals surface area contributed by atoms with Crippen molar-refractivity contribution in [2.24, 2.45) is 4.99 Å². The fourth-order valence-corrected chi connectivity index (χ4v) is 2.75. The van der Waals surface area contributed by atoms with Crippen LogP contribution in [-0.4, -0.2) is 21.8 Å². The summed E-state index contributed by atoms with van der Waals surface area (Å²) in [7, 11) is 0. The van der Waals surface area contributed by atoms with Gasteiger partial charge in [0.15, 0.2) is 0 Å². The molecule has 0 saturated carbocycles. The predicted octanol–water partition coefficient (Wildman–Crippen LogP) is 2.22. The van der Waals surface area contributed by atoms with Gasteiger partial charge in [0.1, 0.15) is 5.84 Å². The highest BCUT2D eigenvalue weighted by Crippen LogP contribution is 2.30. The molecule has 0 atom stereocenters. The minimum Gasteiger partial charge on any atom is -0.351 e. The molecular weight excluding hydrogens is 254 g/mol. The first-order chi connectivity index (χ1) is 9.60. The summed E-state index contributed by atoms with van der Waals surface area (Å²) < 4.78 is 0. The Morgan fingerprint density at radius 3 is 2.80 bits per heavy atom. The van der Waals surface area contributed by atoms with Crippen LogP contribution < -0.4 is 5.48 Å². The first kappa shape index (κ1) is 12.9. The van der Waals surface area contributed by atoms with Gasteiger partial charge in [0, 0.05) is 30.8 Å². The van der Waals surface area contributed by atoms with Gasteiger partial charge < -0.3 is 4.90 Å². The Bertz CT molecular complexity index is 647. The fourth-order valence-electron chi connectivity index (χ4n) is 2.75. The molecule has 1 aromatic carbocycles. The normalized spacial score (nSPS) is 17.4. The Kier molecular flexibility index (Phi) is 3.06. The second-order valence-corrected chi connectivity index (χ2v) is 5.31. The van der Waals surface area contributed by atoms with Crippen LogP contribution in [0.5, 0.6) is 0 Å². The van der Waals surface area contributed by atoms with Gasteiger partial charge in [-0.2, -0.15) is 0 Å². The van der Waals surface area contributed by atoms with Crippen LogP contribution >= 0.6 is 0 Å². The highest BCUT2D eigenvalue weighted by molar-refractivity contribution is 5.96. The molecule has 5 heteroatoms. The van der Waals surface area contributed by atoms with E-state index in [2.05, 4.69) is 16.8 Å². The van der Waals surface area contributed by atoms with Crippen molar-refractivity contribution in [3.8, 4) is 0 Å². The minimum atomic E-state index is -0.456. The maximum Gasteiger partial charge on any atom is 0.274 e. The summed E-state index contributed by atoms with van der Waals surface area (Å²) >= 11 is 0. The molecule has 0 fully saturated rings. The summed E-state index contributed by atoms with van der Waals surface area (Å²) in [6.07, 6.45) is 0.876. The zero-order valence-corrected chi connectivity index (χ0v) is 11.6. The maximum atomic E-state index is 11.7. The van der Waals surface area contributed by atoms with E-state index in [1.165, 1.54) is 5.57 Å². The number of nitrogens with zero attached hydrogens (tertiary/aromatic N) is 2. The van der Waals surface area contributed by atoms with E-state index in [9.17, 15) is 4.79 Å². The van der Waals surface area contributed by atoms with E-state index in [0.29, 0.717) is 12.1 Å². The Morgan fingerprint density at radius 1 is 1.35 bits per heavy atom. The second kappa shape index (κ2) is 4.76. The monoisotopic (exact) mass is 271 g/mol. The highest BCUT2D eigenvalue weighted by atomic mass is 16.5. The number of carbonyl (C=O) groups excluding carboxylic acids is 1. The lowest BCUT2D eigenvalue weighted by Crippen LogP contribution is -2.25. The van der Waals surface area contributed by atoms with E-state index in [0.717, 1.165) is 35.6 Å². The van der Waals surface area contributed by atoms with Gasteiger partial charge in [-0.25, -0.2) is 10.5 Å². The summed E-state index contributed by atoms with van der Waals surface area (Å²) in [5.41, 5.74) is 6.73. The van der Waals surface area contributed by atoms with Gasteiger partial charge in [0.25, 0.3) is 5.91 Å². The Balaban J connectivity index is 1.87. The molecule has 1 aromatic rings. The van der Waals surface area contributed by atoms with E-state index in [1.807, 2.05) is 19.1 Å². The van der Waals surface area contributed by atoms with Crippen molar-refractivity contribution in [2.45, 2.75) is 33.4 Å². The molecule has 2 heterocycles. The van der Waals surface area contributed by atoms with Crippen LogP contribution in [-0.2, 0) is 13.1 Å². The first-order valence-corrected chi connectivity index (χ1v) is 6.64. The molecular formula is C15H17N3O2. The van der Waals surface area contributed by atoms with Gasteiger partial charge in [-0.15, -0.1) is 0 Å². The summed E-state index contributed by atoms with van der Waals surface area (Å²) in [4.78, 5) is 18.5. The number of nitrogens with one attached hydrogen (secondary N) is 1. The van der Waals surface area contributed by atoms with Crippen LogP contribution in [0.3, 0.4) is 0 Å². The topological polar surface area (TPSA) is 64.9 Å². The number of amidine groups is 1. The summed E-state index contributed by atoms with van der Waals surface area (Å²) in [5.74, 6) is 0.606. The number of hydroxylamine groups is 1. The van der Waals surface area contributed by atoms with Gasteiger partial charge >= 0.3 is 0 Å². The van der Waals surface area contributed by atoms with E-state index in [-0.39, 0.29) is 0 Å². The standard InChI is InChI=1S/C15H17N3O2/c1-9-6-14(16-10(9)2)18-7-11-4-3-5-12(13(11)8-18)15(19)17-20/h3-5,20H,6-8H2,1-2H3,(H,17,19). The van der Waals surface area contributed by atoms with E-state index in [4.69, 9.17) is 5.21 Å². The summed E-state index contributed by atoms with van der Waals surface area (Å²) in [5, 5.41) is 8.82. The molecule has 2 aliphatic rings. The van der Waals surface area contributed by atoms with Crippen molar-refractivity contribution in [2.75, 3.05) is 0 Å². The Hall–Kier alpha value is -2.14. The van der Waals surface area contributed by atoms with Crippen LogP contribution in [0, 0.1) is 0 Å². The number of amides is 1. The number of aliphatic imine (C=N–C) groups is 1. The number of rotatable bonds is 1. The van der Waals surface area contributed by atoms with Gasteiger partial charge in [-0.3, -0.25) is 10.0 Å². The smallest absolute Gasteiger partial charge is 0.274 e. The van der Waals surface area contributed by atoms with Gasteiger partial charge in [0.05, 0.1) is 0 Å². The molecule has 0 saturated heterocycles. The average molecular weight is 271 g/mol. The lowest BCUT2D eigenvalue weighted by Gasteiger charge is -2.17. The molecule has 1 amide bonds. The second-order valence-electron chi connectivity index (χ2n) is 5.31. The third-order valence-corrected chi connectivity index (χ3v) is 4.03. The van der Waals surface area contributed by atoms with Crippen molar-refractivity contribution >= 4 is 11.7 Å². The molecule has 5 nitrogen and oxygen atoms in total. The van der Waals surface area contributed by atoms with Gasteiger partial charge in [-0.1, -0.05) is 12.1 Å². The lowest BCUT2D eigenvalue weighted by molar-refractivity contribution is 0.0705. The zero-order valence-electron chi connectivity index (χ0n) is 11.6. The van der Waals surface area contributed by atoms with E-state index < -0.39 is 5.91 Å². The third-order valence-electron chi connectivity index (χ3n) is 4.03. The zero-order chi connectivity index (χ0) is 14.3. The molecule has 0 spiro atoms. The molecule has 0 unspecified atom stereocenters. The number of hydrogen-bond acceptors (Lipinski definition) is 4. The SMILES string of the molecule is CC1=C(C)N=C(N2Cc3cccc(C(=O)NO)c3C2)C1. The van der Waals surface area contributed by atoms with Crippen LogP contribution in [0.15, 0.2) is 34.5 Å². The maximum absolute atomic E-state index is 11.7. The Labute approximate surface area is 117 Å². The van der Waals surface area contributed by atoms with Crippen molar-refractivity contribution in [1.82, 2.24) is 10.4 Å². The molecule has 0 aliphatic carbocycles. The van der Waals surface area contributed by atoms with Crippen molar-refractivity contribution in [1.29, 1.82) is 0 Å². The number of benzene rings is 1. The molecule has 20 heavy (non-hydrogen) atoms. The van der Waals surface area contributed by atoms with E-state index >= 15 is 0 Å². The molecule has 3 rings (SSSR count). The number of hydrogen-bond donors (Lipinski definition) is 2. The quantitative estimate of drug-likeness (QED) is 0.608. The number of carbonyl (C=O) groups is 1. The molecule has 0 bridgehead atoms. The van der Waals surface area contributed by atoms with Crippen molar-refractivity contribution < 1.29 is 10.0 Å². The summed E-state index contributed by atoms with van der Waals surface area (Å²) in [6.45, 7) is 5.55. The van der Waals surface area contributed by atoms with E-state index in [1.54, 1.807) is 11.5 Å². The van der Waals surface area contributed by atoms with Crippen molar-refractivity contribution in [3.05, 3.63) is 46.2 Å². The van der Waals surface area contributed by atoms with Gasteiger partial charge in [-0.05, 0) is 36.6 Å². The molecule has 2 aliphatic heterocycles. The summed E-state index contributed by atoms with van der Waals surface area (Å²) in [6, 6.07) is 5.60. The van der Waals surface area contributed by atoms with Crippen LogP contribution in [0.1, 0.15) is 41.8 Å². The van der Waals surface area contributed by atoms with Crippen LogP contribution in [0.2, 0.25) is 0 Å².